The van der Waals surface area contributed by atoms with Gasteiger partial charge in [-0.3, -0.25) is 0 Å². The molecule has 0 amide bonds. The molecular formula is C15H19N5S. The Labute approximate surface area is 128 Å². The van der Waals surface area contributed by atoms with Gasteiger partial charge in [-0.1, -0.05) is 20.8 Å². The molecule has 0 aliphatic rings. The van der Waals surface area contributed by atoms with E-state index in [1.165, 1.54) is 0 Å². The van der Waals surface area contributed by atoms with Crippen LogP contribution in [0, 0.1) is 6.92 Å². The summed E-state index contributed by atoms with van der Waals surface area (Å²) in [5.41, 5.74) is 3.12. The van der Waals surface area contributed by atoms with Crippen molar-refractivity contribution in [1.29, 1.82) is 0 Å². The lowest BCUT2D eigenvalue weighted by atomic mass is 9.92. The molecule has 0 radical (unpaired) electrons. The van der Waals surface area contributed by atoms with Crippen LogP contribution in [-0.2, 0) is 12.0 Å². The zero-order valence-corrected chi connectivity index (χ0v) is 13.5. The molecule has 3 aromatic heterocycles. The maximum absolute atomic E-state index is 4.63. The van der Waals surface area contributed by atoms with Crippen molar-refractivity contribution in [1.82, 2.24) is 19.6 Å². The molecule has 0 spiro atoms. The van der Waals surface area contributed by atoms with E-state index in [9.17, 15) is 0 Å². The maximum Gasteiger partial charge on any atom is 0.152 e. The zero-order valence-electron chi connectivity index (χ0n) is 12.7. The summed E-state index contributed by atoms with van der Waals surface area (Å²) in [6, 6.07) is 2.10. The van der Waals surface area contributed by atoms with E-state index in [2.05, 4.69) is 52.6 Å². The van der Waals surface area contributed by atoms with E-state index in [-0.39, 0.29) is 5.41 Å². The number of rotatable bonds is 3. The number of hydrogen-bond acceptors (Lipinski definition) is 5. The third kappa shape index (κ3) is 2.90. The highest BCUT2D eigenvalue weighted by Crippen LogP contribution is 2.24. The predicted molar refractivity (Wildman–Crippen MR) is 85.9 cm³/mol. The van der Waals surface area contributed by atoms with Crippen LogP contribution < -0.4 is 5.32 Å². The van der Waals surface area contributed by atoms with Gasteiger partial charge in [-0.2, -0.15) is 5.10 Å². The first-order chi connectivity index (χ1) is 9.93. The van der Waals surface area contributed by atoms with Crippen molar-refractivity contribution in [2.75, 3.05) is 5.32 Å². The van der Waals surface area contributed by atoms with Gasteiger partial charge >= 0.3 is 0 Å². The minimum Gasteiger partial charge on any atom is -0.363 e. The van der Waals surface area contributed by atoms with Crippen LogP contribution >= 0.6 is 11.3 Å². The van der Waals surface area contributed by atoms with E-state index < -0.39 is 0 Å². The number of nitrogens with one attached hydrogen (secondary N) is 1. The molecule has 0 saturated heterocycles. The molecule has 0 aliphatic carbocycles. The summed E-state index contributed by atoms with van der Waals surface area (Å²) in [7, 11) is 0. The van der Waals surface area contributed by atoms with E-state index in [0.717, 1.165) is 27.7 Å². The molecule has 1 N–H and O–H groups in total. The van der Waals surface area contributed by atoms with Gasteiger partial charge in [0.15, 0.2) is 5.82 Å². The summed E-state index contributed by atoms with van der Waals surface area (Å²) >= 11 is 1.66. The van der Waals surface area contributed by atoms with Crippen molar-refractivity contribution in [2.45, 2.75) is 39.7 Å². The van der Waals surface area contributed by atoms with Gasteiger partial charge in [0, 0.05) is 23.2 Å². The van der Waals surface area contributed by atoms with Gasteiger partial charge in [-0.25, -0.2) is 14.5 Å². The summed E-state index contributed by atoms with van der Waals surface area (Å²) in [4.78, 5) is 8.88. The average Bonchev–Trinajstić information content (AvgIpc) is 3.01. The monoisotopic (exact) mass is 301 g/mol. The van der Waals surface area contributed by atoms with Crippen LogP contribution in [0.25, 0.3) is 5.52 Å². The van der Waals surface area contributed by atoms with E-state index in [0.29, 0.717) is 6.54 Å². The zero-order chi connectivity index (χ0) is 15.0. The minimum atomic E-state index is 0.0231. The van der Waals surface area contributed by atoms with Crippen LogP contribution in [0.3, 0.4) is 0 Å². The molecule has 0 unspecified atom stereocenters. The first-order valence-electron chi connectivity index (χ1n) is 6.93. The molecule has 6 heteroatoms. The lowest BCUT2D eigenvalue weighted by molar-refractivity contribution is 0.562. The van der Waals surface area contributed by atoms with Crippen LogP contribution in [-0.4, -0.2) is 19.6 Å². The third-order valence-electron chi connectivity index (χ3n) is 3.26. The van der Waals surface area contributed by atoms with Gasteiger partial charge in [-0.15, -0.1) is 11.3 Å². The largest absolute Gasteiger partial charge is 0.363 e. The second-order valence-corrected chi connectivity index (χ2v) is 7.16. The lowest BCUT2D eigenvalue weighted by Crippen LogP contribution is -2.11. The molecular weight excluding hydrogens is 282 g/mol. The number of aromatic nitrogens is 4. The van der Waals surface area contributed by atoms with Gasteiger partial charge in [0.2, 0.25) is 0 Å². The normalized spacial score (nSPS) is 12.0. The summed E-state index contributed by atoms with van der Waals surface area (Å²) in [5.74, 6) is 0.839. The second-order valence-electron chi connectivity index (χ2n) is 6.10. The molecule has 5 nitrogen and oxygen atoms in total. The molecule has 110 valence electrons. The number of thiazole rings is 1. The Balaban J connectivity index is 1.89. The van der Waals surface area contributed by atoms with Gasteiger partial charge in [-0.05, 0) is 13.0 Å². The second kappa shape index (κ2) is 5.11. The lowest BCUT2D eigenvalue weighted by Gasteiger charge is -2.13. The number of nitrogens with zero attached hydrogens (tertiary/aromatic N) is 4. The summed E-state index contributed by atoms with van der Waals surface area (Å²) in [6.45, 7) is 9.17. The van der Waals surface area contributed by atoms with E-state index >= 15 is 0 Å². The molecule has 0 bridgehead atoms. The van der Waals surface area contributed by atoms with Crippen LogP contribution in [0.1, 0.15) is 37.2 Å². The highest BCUT2D eigenvalue weighted by molar-refractivity contribution is 7.09. The number of aryl methyl sites for hydroxylation is 1. The third-order valence-corrected chi connectivity index (χ3v) is 4.08. The highest BCUT2D eigenvalue weighted by atomic mass is 32.1. The Hall–Kier alpha value is -1.95. The molecule has 0 aliphatic heterocycles. The van der Waals surface area contributed by atoms with E-state index in [1.54, 1.807) is 17.5 Å². The van der Waals surface area contributed by atoms with Crippen molar-refractivity contribution in [3.8, 4) is 0 Å². The molecule has 0 saturated carbocycles. The Morgan fingerprint density at radius 1 is 1.33 bits per heavy atom. The Morgan fingerprint density at radius 2 is 2.14 bits per heavy atom. The quantitative estimate of drug-likeness (QED) is 0.805. The van der Waals surface area contributed by atoms with Crippen molar-refractivity contribution < 1.29 is 0 Å². The molecule has 3 heterocycles. The number of anilines is 1. The van der Waals surface area contributed by atoms with Gasteiger partial charge in [0.25, 0.3) is 0 Å². The summed E-state index contributed by atoms with van der Waals surface area (Å²) < 4.78 is 1.88. The molecule has 3 rings (SSSR count). The van der Waals surface area contributed by atoms with Crippen molar-refractivity contribution >= 4 is 22.7 Å². The fraction of sp³-hybridized carbons (Fsp3) is 0.400. The number of hydrogen-bond donors (Lipinski definition) is 1. The van der Waals surface area contributed by atoms with Gasteiger partial charge in [0.1, 0.15) is 5.52 Å². The van der Waals surface area contributed by atoms with Crippen LogP contribution in [0.5, 0.6) is 0 Å². The van der Waals surface area contributed by atoms with Crippen molar-refractivity contribution in [3.63, 3.8) is 0 Å². The Morgan fingerprint density at radius 3 is 2.81 bits per heavy atom. The first-order valence-corrected chi connectivity index (χ1v) is 7.81. The average molecular weight is 301 g/mol. The predicted octanol–water partition coefficient (Wildman–Crippen LogP) is 3.40. The minimum absolute atomic E-state index is 0.0231. The highest BCUT2D eigenvalue weighted by Gasteiger charge is 2.19. The number of fused-ring (bicyclic) bond motifs is 1. The first kappa shape index (κ1) is 14.0. The topological polar surface area (TPSA) is 55.1 Å². The smallest absolute Gasteiger partial charge is 0.152 e. The summed E-state index contributed by atoms with van der Waals surface area (Å²) in [5, 5.41) is 11.1. The van der Waals surface area contributed by atoms with Crippen LogP contribution in [0.15, 0.2) is 23.8 Å². The fourth-order valence-corrected chi connectivity index (χ4v) is 2.70. The fourth-order valence-electron chi connectivity index (χ4n) is 2.09. The Bertz CT molecular complexity index is 766. The van der Waals surface area contributed by atoms with E-state index in [4.69, 9.17) is 0 Å². The van der Waals surface area contributed by atoms with Gasteiger partial charge < -0.3 is 5.32 Å². The molecule has 0 aromatic carbocycles. The van der Waals surface area contributed by atoms with Crippen LogP contribution in [0.4, 0.5) is 5.82 Å². The van der Waals surface area contributed by atoms with Gasteiger partial charge in [0.05, 0.1) is 22.9 Å². The molecule has 0 fully saturated rings. The maximum atomic E-state index is 4.63. The molecule has 3 aromatic rings. The van der Waals surface area contributed by atoms with Crippen LogP contribution in [0.2, 0.25) is 0 Å². The molecule has 0 atom stereocenters. The molecule has 21 heavy (non-hydrogen) atoms. The van der Waals surface area contributed by atoms with Crippen molar-refractivity contribution in [2.24, 2.45) is 0 Å². The van der Waals surface area contributed by atoms with E-state index in [1.807, 2.05) is 17.6 Å². The Kier molecular flexibility index (Phi) is 3.41. The summed E-state index contributed by atoms with van der Waals surface area (Å²) in [6.07, 6.45) is 3.64. The SMILES string of the molecule is Cc1nc(CNc2nccn3nc(C(C)(C)C)cc23)cs1. The standard InChI is InChI=1S/C15H19N5S/c1-10-18-11(9-21-10)8-17-14-12-7-13(15(2,3)4)19-20(12)6-5-16-14/h5-7,9H,8H2,1-4H3,(H,16,17). The van der Waals surface area contributed by atoms with Crippen molar-refractivity contribution in [3.05, 3.63) is 40.2 Å².